The Morgan fingerprint density at radius 2 is 2.15 bits per heavy atom. The maximum Gasteiger partial charge on any atom is 0.310 e. The molecule has 6 heteroatoms. The molecule has 0 aromatic carbocycles. The Morgan fingerprint density at radius 3 is 2.75 bits per heavy atom. The van der Waals surface area contributed by atoms with Crippen LogP contribution in [0.2, 0.25) is 5.02 Å². The molecule has 0 bridgehead atoms. The molecule has 1 aliphatic rings. The summed E-state index contributed by atoms with van der Waals surface area (Å²) in [6.45, 7) is 4.97. The number of carbonyl (C=O) groups excluding carboxylic acids is 2. The quantitative estimate of drug-likeness (QED) is 0.805. The van der Waals surface area contributed by atoms with Crippen molar-refractivity contribution in [2.75, 3.05) is 20.2 Å². The minimum Gasteiger partial charge on any atom is -0.469 e. The molecule has 0 radical (unpaired) electrons. The number of amides is 1. The Labute approximate surface area is 123 Å². The van der Waals surface area contributed by atoms with Gasteiger partial charge in [-0.1, -0.05) is 11.6 Å². The van der Waals surface area contributed by atoms with E-state index in [1.807, 2.05) is 18.4 Å². The Kier molecular flexibility index (Phi) is 4.38. The SMILES string of the molecule is COC(=O)C1CCN(C(=O)c2cc(Cl)cn2C(C)C)C1. The molecule has 1 atom stereocenters. The van der Waals surface area contributed by atoms with Crippen molar-refractivity contribution >= 4 is 23.5 Å². The molecule has 20 heavy (non-hydrogen) atoms. The van der Waals surface area contributed by atoms with E-state index in [9.17, 15) is 9.59 Å². The molecule has 5 nitrogen and oxygen atoms in total. The molecule has 1 fully saturated rings. The van der Waals surface area contributed by atoms with E-state index >= 15 is 0 Å². The molecule has 0 N–H and O–H groups in total. The van der Waals surface area contributed by atoms with Crippen molar-refractivity contribution in [2.24, 2.45) is 5.92 Å². The van der Waals surface area contributed by atoms with Crippen LogP contribution in [0.25, 0.3) is 0 Å². The lowest BCUT2D eigenvalue weighted by molar-refractivity contribution is -0.144. The maximum atomic E-state index is 12.5. The van der Waals surface area contributed by atoms with E-state index in [-0.39, 0.29) is 23.8 Å². The lowest BCUT2D eigenvalue weighted by Crippen LogP contribution is -2.31. The van der Waals surface area contributed by atoms with E-state index in [2.05, 4.69) is 0 Å². The van der Waals surface area contributed by atoms with E-state index in [1.54, 1.807) is 17.2 Å². The third-order valence-electron chi connectivity index (χ3n) is 3.60. The van der Waals surface area contributed by atoms with Crippen molar-refractivity contribution in [1.29, 1.82) is 0 Å². The number of likely N-dealkylation sites (tertiary alicyclic amines) is 1. The molecule has 2 heterocycles. The van der Waals surface area contributed by atoms with Crippen molar-refractivity contribution in [1.82, 2.24) is 9.47 Å². The van der Waals surface area contributed by atoms with Crippen LogP contribution in [0.15, 0.2) is 12.3 Å². The summed E-state index contributed by atoms with van der Waals surface area (Å²) >= 11 is 6.00. The van der Waals surface area contributed by atoms with Gasteiger partial charge in [-0.2, -0.15) is 0 Å². The normalized spacial score (nSPS) is 18.6. The topological polar surface area (TPSA) is 51.5 Å². The second kappa shape index (κ2) is 5.87. The predicted octanol–water partition coefficient (Wildman–Crippen LogP) is 2.36. The first kappa shape index (κ1) is 14.9. The average molecular weight is 299 g/mol. The highest BCUT2D eigenvalue weighted by atomic mass is 35.5. The van der Waals surface area contributed by atoms with Gasteiger partial charge in [0.2, 0.25) is 0 Å². The van der Waals surface area contributed by atoms with E-state index in [4.69, 9.17) is 16.3 Å². The Balaban J connectivity index is 2.15. The highest BCUT2D eigenvalue weighted by molar-refractivity contribution is 6.31. The summed E-state index contributed by atoms with van der Waals surface area (Å²) in [7, 11) is 1.37. The smallest absolute Gasteiger partial charge is 0.310 e. The lowest BCUT2D eigenvalue weighted by atomic mass is 10.1. The number of esters is 1. The zero-order valence-electron chi connectivity index (χ0n) is 11.9. The first-order valence-electron chi connectivity index (χ1n) is 6.68. The fraction of sp³-hybridized carbons (Fsp3) is 0.571. The van der Waals surface area contributed by atoms with Crippen LogP contribution in [0.3, 0.4) is 0 Å². The van der Waals surface area contributed by atoms with Gasteiger partial charge in [0.1, 0.15) is 5.69 Å². The molecule has 110 valence electrons. The number of ether oxygens (including phenoxy) is 1. The molecule has 0 aliphatic carbocycles. The van der Waals surface area contributed by atoms with Crippen LogP contribution in [-0.4, -0.2) is 41.5 Å². The van der Waals surface area contributed by atoms with Crippen molar-refractivity contribution in [3.05, 3.63) is 23.0 Å². The fourth-order valence-electron chi connectivity index (χ4n) is 2.51. The summed E-state index contributed by atoms with van der Waals surface area (Å²) in [5.74, 6) is -0.559. The predicted molar refractivity (Wildman–Crippen MR) is 75.9 cm³/mol. The summed E-state index contributed by atoms with van der Waals surface area (Å²) in [5, 5.41) is 0.547. The fourth-order valence-corrected chi connectivity index (χ4v) is 2.72. The number of aromatic nitrogens is 1. The van der Waals surface area contributed by atoms with Crippen LogP contribution in [0.5, 0.6) is 0 Å². The zero-order chi connectivity index (χ0) is 14.9. The molecule has 1 saturated heterocycles. The first-order chi connectivity index (χ1) is 9.43. The number of carbonyl (C=O) groups is 2. The van der Waals surface area contributed by atoms with Gasteiger partial charge < -0.3 is 14.2 Å². The summed E-state index contributed by atoms with van der Waals surface area (Å²) < 4.78 is 6.59. The number of rotatable bonds is 3. The number of methoxy groups -OCH3 is 1. The molecule has 1 aromatic rings. The minimum atomic E-state index is -0.252. The van der Waals surface area contributed by atoms with Gasteiger partial charge in [-0.25, -0.2) is 0 Å². The largest absolute Gasteiger partial charge is 0.469 e. The van der Waals surface area contributed by atoms with Gasteiger partial charge in [-0.3, -0.25) is 9.59 Å². The van der Waals surface area contributed by atoms with Crippen LogP contribution in [0.1, 0.15) is 36.8 Å². The van der Waals surface area contributed by atoms with E-state index in [1.165, 1.54) is 7.11 Å². The number of hydrogen-bond acceptors (Lipinski definition) is 3. The molecular weight excluding hydrogens is 280 g/mol. The standard InChI is InChI=1S/C14H19ClN2O3/c1-9(2)17-8-11(15)6-12(17)13(18)16-5-4-10(7-16)14(19)20-3/h6,8-10H,4-5,7H2,1-3H3. The molecule has 1 aliphatic heterocycles. The number of nitrogens with zero attached hydrogens (tertiary/aromatic N) is 2. The Bertz CT molecular complexity index is 524. The third kappa shape index (κ3) is 2.82. The van der Waals surface area contributed by atoms with Crippen LogP contribution < -0.4 is 0 Å². The highest BCUT2D eigenvalue weighted by Crippen LogP contribution is 2.24. The van der Waals surface area contributed by atoms with Gasteiger partial charge in [0, 0.05) is 25.3 Å². The monoisotopic (exact) mass is 298 g/mol. The molecule has 1 unspecified atom stereocenters. The summed E-state index contributed by atoms with van der Waals surface area (Å²) in [6.07, 6.45) is 2.40. The second-order valence-corrected chi connectivity index (χ2v) is 5.74. The maximum absolute atomic E-state index is 12.5. The van der Waals surface area contributed by atoms with E-state index in [0.29, 0.717) is 30.2 Å². The molecule has 1 amide bonds. The molecular formula is C14H19ClN2O3. The van der Waals surface area contributed by atoms with Crippen molar-refractivity contribution in [2.45, 2.75) is 26.3 Å². The van der Waals surface area contributed by atoms with Crippen molar-refractivity contribution in [3.8, 4) is 0 Å². The Morgan fingerprint density at radius 1 is 1.45 bits per heavy atom. The molecule has 0 saturated carbocycles. The zero-order valence-corrected chi connectivity index (χ0v) is 12.7. The van der Waals surface area contributed by atoms with Gasteiger partial charge >= 0.3 is 5.97 Å². The van der Waals surface area contributed by atoms with Crippen molar-refractivity contribution < 1.29 is 14.3 Å². The molecule has 1 aromatic heterocycles. The third-order valence-corrected chi connectivity index (χ3v) is 3.81. The Hall–Kier alpha value is -1.49. The average Bonchev–Trinajstić information content (AvgIpc) is 3.03. The summed E-state index contributed by atoms with van der Waals surface area (Å²) in [5.41, 5.74) is 0.565. The number of hydrogen-bond donors (Lipinski definition) is 0. The van der Waals surface area contributed by atoms with Crippen molar-refractivity contribution in [3.63, 3.8) is 0 Å². The van der Waals surface area contributed by atoms with Crippen LogP contribution in [0.4, 0.5) is 0 Å². The van der Waals surface area contributed by atoms with Gasteiger partial charge in [-0.15, -0.1) is 0 Å². The molecule has 0 spiro atoms. The molecule has 2 rings (SSSR count). The first-order valence-corrected chi connectivity index (χ1v) is 7.06. The van der Waals surface area contributed by atoms with Crippen LogP contribution in [-0.2, 0) is 9.53 Å². The van der Waals surface area contributed by atoms with E-state index < -0.39 is 0 Å². The van der Waals surface area contributed by atoms with Crippen LogP contribution in [0, 0.1) is 5.92 Å². The minimum absolute atomic E-state index is 0.0861. The number of halogens is 1. The van der Waals surface area contributed by atoms with Gasteiger partial charge in [0.05, 0.1) is 18.1 Å². The van der Waals surface area contributed by atoms with Gasteiger partial charge in [0.15, 0.2) is 0 Å². The summed E-state index contributed by atoms with van der Waals surface area (Å²) in [4.78, 5) is 25.7. The van der Waals surface area contributed by atoms with Crippen LogP contribution >= 0.6 is 11.6 Å². The van der Waals surface area contributed by atoms with Gasteiger partial charge in [-0.05, 0) is 26.3 Å². The lowest BCUT2D eigenvalue weighted by Gasteiger charge is -2.19. The summed E-state index contributed by atoms with van der Waals surface area (Å²) in [6, 6.07) is 1.83. The second-order valence-electron chi connectivity index (χ2n) is 5.30. The highest BCUT2D eigenvalue weighted by Gasteiger charge is 2.33. The van der Waals surface area contributed by atoms with E-state index in [0.717, 1.165) is 0 Å². The van der Waals surface area contributed by atoms with Gasteiger partial charge in [0.25, 0.3) is 5.91 Å².